The lowest BCUT2D eigenvalue weighted by Gasteiger charge is -2.14. The number of rotatable bonds is 13. The van der Waals surface area contributed by atoms with E-state index in [0.717, 1.165) is 24.5 Å². The molecule has 142 valence electrons. The fourth-order valence-corrected chi connectivity index (χ4v) is 2.50. The van der Waals surface area contributed by atoms with E-state index in [1.54, 1.807) is 0 Å². The molecular formula is C20H34N2O3. The van der Waals surface area contributed by atoms with Crippen LogP contribution in [-0.2, 0) is 4.74 Å². The second kappa shape index (κ2) is 13.5. The number of anilines is 1. The highest BCUT2D eigenvalue weighted by atomic mass is 16.5. The zero-order valence-electron chi connectivity index (χ0n) is 16.0. The van der Waals surface area contributed by atoms with Gasteiger partial charge in [-0.05, 0) is 49.9 Å². The molecular weight excluding hydrogens is 316 g/mol. The minimum atomic E-state index is -0.196. The van der Waals surface area contributed by atoms with Gasteiger partial charge in [-0.2, -0.15) is 0 Å². The third-order valence-corrected chi connectivity index (χ3v) is 4.07. The van der Waals surface area contributed by atoms with E-state index in [4.69, 9.17) is 9.47 Å². The number of hydrogen-bond donors (Lipinski definition) is 2. The Labute approximate surface area is 152 Å². The second-order valence-corrected chi connectivity index (χ2v) is 6.18. The molecule has 0 aliphatic rings. The number of carbonyl (C=O) groups excluding carboxylic acids is 1. The number of amides is 2. The number of ether oxygens (including phenoxy) is 2. The normalized spacial score (nSPS) is 11.8. The highest BCUT2D eigenvalue weighted by molar-refractivity contribution is 5.89. The Morgan fingerprint density at radius 3 is 2.52 bits per heavy atom. The van der Waals surface area contributed by atoms with Gasteiger partial charge in [0.05, 0.1) is 6.61 Å². The monoisotopic (exact) mass is 350 g/mol. The van der Waals surface area contributed by atoms with Gasteiger partial charge in [0.25, 0.3) is 0 Å². The van der Waals surface area contributed by atoms with E-state index in [1.807, 2.05) is 31.2 Å². The van der Waals surface area contributed by atoms with Gasteiger partial charge < -0.3 is 20.1 Å². The molecule has 0 spiro atoms. The third kappa shape index (κ3) is 9.97. The van der Waals surface area contributed by atoms with Crippen LogP contribution in [0.5, 0.6) is 5.75 Å². The lowest BCUT2D eigenvalue weighted by molar-refractivity contribution is 0.0925. The molecule has 0 bridgehead atoms. The summed E-state index contributed by atoms with van der Waals surface area (Å²) in [6.07, 6.45) is 5.75. The molecule has 0 aromatic heterocycles. The second-order valence-electron chi connectivity index (χ2n) is 6.18. The van der Waals surface area contributed by atoms with Crippen molar-refractivity contribution in [3.63, 3.8) is 0 Å². The number of carbonyl (C=O) groups is 1. The quantitative estimate of drug-likeness (QED) is 0.501. The number of urea groups is 1. The molecule has 0 aliphatic heterocycles. The molecule has 5 heteroatoms. The van der Waals surface area contributed by atoms with Crippen LogP contribution in [0.4, 0.5) is 10.5 Å². The predicted octanol–water partition coefficient (Wildman–Crippen LogP) is 4.83. The van der Waals surface area contributed by atoms with E-state index in [2.05, 4.69) is 24.5 Å². The van der Waals surface area contributed by atoms with Crippen LogP contribution >= 0.6 is 0 Å². The van der Waals surface area contributed by atoms with Gasteiger partial charge in [-0.25, -0.2) is 4.79 Å². The molecule has 0 saturated heterocycles. The van der Waals surface area contributed by atoms with Crippen LogP contribution in [0.25, 0.3) is 0 Å². The van der Waals surface area contributed by atoms with E-state index in [1.165, 1.54) is 25.7 Å². The van der Waals surface area contributed by atoms with Gasteiger partial charge in [-0.1, -0.05) is 33.1 Å². The van der Waals surface area contributed by atoms with E-state index < -0.39 is 0 Å². The molecule has 1 aromatic rings. The van der Waals surface area contributed by atoms with Gasteiger partial charge in [0.2, 0.25) is 0 Å². The summed E-state index contributed by atoms with van der Waals surface area (Å²) in [5.74, 6) is 1.46. The highest BCUT2D eigenvalue weighted by Gasteiger charge is 2.06. The van der Waals surface area contributed by atoms with E-state index in [0.29, 0.717) is 25.7 Å². The maximum absolute atomic E-state index is 11.8. The largest absolute Gasteiger partial charge is 0.494 e. The van der Waals surface area contributed by atoms with Crippen molar-refractivity contribution in [1.29, 1.82) is 0 Å². The lowest BCUT2D eigenvalue weighted by Crippen LogP contribution is -2.30. The highest BCUT2D eigenvalue weighted by Crippen LogP contribution is 2.15. The smallest absolute Gasteiger partial charge is 0.319 e. The third-order valence-electron chi connectivity index (χ3n) is 4.07. The van der Waals surface area contributed by atoms with Gasteiger partial charge in [0, 0.05) is 25.4 Å². The number of hydrogen-bond acceptors (Lipinski definition) is 3. The molecule has 2 amide bonds. The summed E-state index contributed by atoms with van der Waals surface area (Å²) in [6.45, 7) is 9.13. The van der Waals surface area contributed by atoms with Crippen molar-refractivity contribution in [1.82, 2.24) is 5.32 Å². The predicted molar refractivity (Wildman–Crippen MR) is 103 cm³/mol. The zero-order valence-corrected chi connectivity index (χ0v) is 16.0. The summed E-state index contributed by atoms with van der Waals surface area (Å²) in [7, 11) is 0. The average Bonchev–Trinajstić information content (AvgIpc) is 2.62. The first-order valence-corrected chi connectivity index (χ1v) is 9.55. The molecule has 2 N–H and O–H groups in total. The molecule has 1 atom stereocenters. The van der Waals surface area contributed by atoms with Crippen molar-refractivity contribution >= 4 is 11.7 Å². The molecule has 0 aliphatic carbocycles. The van der Waals surface area contributed by atoms with Crippen LogP contribution < -0.4 is 15.4 Å². The molecule has 0 radical (unpaired) electrons. The van der Waals surface area contributed by atoms with Crippen molar-refractivity contribution in [2.45, 2.75) is 52.9 Å². The fraction of sp³-hybridized carbons (Fsp3) is 0.650. The molecule has 1 rings (SSSR count). The van der Waals surface area contributed by atoms with E-state index in [9.17, 15) is 4.79 Å². The minimum Gasteiger partial charge on any atom is -0.494 e. The average molecular weight is 351 g/mol. The summed E-state index contributed by atoms with van der Waals surface area (Å²) in [5.41, 5.74) is 0.749. The molecule has 0 fully saturated rings. The molecule has 5 nitrogen and oxygen atoms in total. The van der Waals surface area contributed by atoms with Crippen LogP contribution in [-0.4, -0.2) is 32.4 Å². The maximum atomic E-state index is 11.8. The first kappa shape index (κ1) is 21.3. The Morgan fingerprint density at radius 2 is 1.88 bits per heavy atom. The molecule has 1 aromatic carbocycles. The van der Waals surface area contributed by atoms with Crippen LogP contribution in [0.2, 0.25) is 0 Å². The van der Waals surface area contributed by atoms with Crippen molar-refractivity contribution in [3.8, 4) is 5.75 Å². The Hall–Kier alpha value is -1.75. The van der Waals surface area contributed by atoms with Crippen LogP contribution in [0, 0.1) is 5.92 Å². The number of unbranched alkanes of at least 4 members (excludes halogenated alkanes) is 1. The Morgan fingerprint density at radius 1 is 1.12 bits per heavy atom. The van der Waals surface area contributed by atoms with E-state index >= 15 is 0 Å². The van der Waals surface area contributed by atoms with Gasteiger partial charge in [-0.15, -0.1) is 0 Å². The van der Waals surface area contributed by atoms with Gasteiger partial charge in [-0.3, -0.25) is 0 Å². The molecule has 1 unspecified atom stereocenters. The number of benzene rings is 1. The first-order chi connectivity index (χ1) is 12.2. The zero-order chi connectivity index (χ0) is 18.3. The van der Waals surface area contributed by atoms with Gasteiger partial charge in [0.1, 0.15) is 5.75 Å². The Kier molecular flexibility index (Phi) is 11.5. The first-order valence-electron chi connectivity index (χ1n) is 9.55. The van der Waals surface area contributed by atoms with Crippen molar-refractivity contribution < 1.29 is 14.3 Å². The molecule has 0 heterocycles. The summed E-state index contributed by atoms with van der Waals surface area (Å²) < 4.78 is 11.1. The van der Waals surface area contributed by atoms with Crippen molar-refractivity contribution in [2.75, 3.05) is 31.7 Å². The summed E-state index contributed by atoms with van der Waals surface area (Å²) in [6, 6.07) is 7.15. The van der Waals surface area contributed by atoms with Gasteiger partial charge in [0.15, 0.2) is 0 Å². The fourth-order valence-electron chi connectivity index (χ4n) is 2.50. The van der Waals surface area contributed by atoms with Gasteiger partial charge >= 0.3 is 6.03 Å². The van der Waals surface area contributed by atoms with E-state index in [-0.39, 0.29) is 6.03 Å². The maximum Gasteiger partial charge on any atom is 0.319 e. The SMILES string of the molecule is CCCCC(CC)COCCCNC(=O)Nc1ccc(OCC)cc1. The number of nitrogens with one attached hydrogen (secondary N) is 2. The van der Waals surface area contributed by atoms with Crippen LogP contribution in [0.3, 0.4) is 0 Å². The minimum absolute atomic E-state index is 0.196. The van der Waals surface area contributed by atoms with Crippen LogP contribution in [0.1, 0.15) is 52.9 Å². The topological polar surface area (TPSA) is 59.6 Å². The lowest BCUT2D eigenvalue weighted by atomic mass is 10.0. The summed E-state index contributed by atoms with van der Waals surface area (Å²) in [4.78, 5) is 11.8. The van der Waals surface area contributed by atoms with Crippen LogP contribution in [0.15, 0.2) is 24.3 Å². The summed E-state index contributed by atoms with van der Waals surface area (Å²) in [5, 5.41) is 5.65. The standard InChI is InChI=1S/C20H34N2O3/c1-4-7-9-17(5-2)16-24-15-8-14-21-20(23)22-18-10-12-19(13-11-18)25-6-3/h10-13,17H,4-9,14-16H2,1-3H3,(H2,21,22,23). The molecule has 0 saturated carbocycles. The molecule has 25 heavy (non-hydrogen) atoms. The summed E-state index contributed by atoms with van der Waals surface area (Å²) >= 11 is 0. The Bertz CT molecular complexity index is 463. The van der Waals surface area contributed by atoms with Crippen molar-refractivity contribution in [3.05, 3.63) is 24.3 Å². The van der Waals surface area contributed by atoms with Crippen molar-refractivity contribution in [2.24, 2.45) is 5.92 Å². The Balaban J connectivity index is 2.10.